The van der Waals surface area contributed by atoms with Crippen molar-refractivity contribution in [3.63, 3.8) is 0 Å². The van der Waals surface area contributed by atoms with Crippen LogP contribution < -0.4 is 14.8 Å². The second-order valence-electron chi connectivity index (χ2n) is 4.99. The van der Waals surface area contributed by atoms with E-state index in [1.807, 2.05) is 6.92 Å². The first-order valence-electron chi connectivity index (χ1n) is 7.02. The quantitative estimate of drug-likeness (QED) is 0.846. The molecule has 0 aliphatic rings. The fraction of sp³-hybridized carbons (Fsp3) is 0.235. The highest BCUT2D eigenvalue weighted by Gasteiger charge is 2.12. The SMILES string of the molecule is COc1ccc(C(=O)N[C@H](C)COc2ccc(Cl)cc2)cc1Cl. The van der Waals surface area contributed by atoms with Crippen LogP contribution in [0.3, 0.4) is 0 Å². The Bertz CT molecular complexity index is 674. The molecular weight excluding hydrogens is 337 g/mol. The van der Waals surface area contributed by atoms with E-state index in [0.29, 0.717) is 33.7 Å². The van der Waals surface area contributed by atoms with Gasteiger partial charge in [0.25, 0.3) is 5.91 Å². The Kier molecular flexibility index (Phi) is 6.13. The highest BCUT2D eigenvalue weighted by molar-refractivity contribution is 6.32. The number of methoxy groups -OCH3 is 1. The van der Waals surface area contributed by atoms with E-state index < -0.39 is 0 Å². The molecule has 0 spiro atoms. The molecule has 2 aromatic rings. The number of nitrogens with one attached hydrogen (secondary N) is 1. The Morgan fingerprint density at radius 3 is 2.48 bits per heavy atom. The third-order valence-corrected chi connectivity index (χ3v) is 3.65. The zero-order chi connectivity index (χ0) is 16.8. The summed E-state index contributed by atoms with van der Waals surface area (Å²) in [7, 11) is 1.52. The van der Waals surface area contributed by atoms with Crippen molar-refractivity contribution in [2.24, 2.45) is 0 Å². The summed E-state index contributed by atoms with van der Waals surface area (Å²) in [5.41, 5.74) is 0.467. The van der Waals surface area contributed by atoms with E-state index in [1.165, 1.54) is 7.11 Å². The summed E-state index contributed by atoms with van der Waals surface area (Å²) in [4.78, 5) is 12.2. The first kappa shape index (κ1) is 17.4. The van der Waals surface area contributed by atoms with Crippen molar-refractivity contribution < 1.29 is 14.3 Å². The maximum Gasteiger partial charge on any atom is 0.251 e. The predicted octanol–water partition coefficient (Wildman–Crippen LogP) is 4.20. The molecule has 1 N–H and O–H groups in total. The fourth-order valence-electron chi connectivity index (χ4n) is 1.91. The number of carbonyl (C=O) groups excluding carboxylic acids is 1. The second kappa shape index (κ2) is 8.09. The van der Waals surface area contributed by atoms with Gasteiger partial charge in [-0.05, 0) is 49.4 Å². The molecule has 122 valence electrons. The standard InChI is InChI=1S/C17H17Cl2NO3/c1-11(10-23-14-6-4-13(18)5-7-14)20-17(21)12-3-8-16(22-2)15(19)9-12/h3-9,11H,10H2,1-2H3,(H,20,21)/t11-/m1/s1. The number of carbonyl (C=O) groups is 1. The van der Waals surface area contributed by atoms with Gasteiger partial charge in [-0.3, -0.25) is 4.79 Å². The third kappa shape index (κ3) is 5.05. The van der Waals surface area contributed by atoms with Crippen LogP contribution >= 0.6 is 23.2 Å². The fourth-order valence-corrected chi connectivity index (χ4v) is 2.29. The molecule has 0 saturated heterocycles. The molecule has 2 aromatic carbocycles. The average molecular weight is 354 g/mol. The maximum atomic E-state index is 12.2. The highest BCUT2D eigenvalue weighted by Crippen LogP contribution is 2.24. The topological polar surface area (TPSA) is 47.6 Å². The minimum Gasteiger partial charge on any atom is -0.495 e. The van der Waals surface area contributed by atoms with Crippen molar-refractivity contribution >= 4 is 29.1 Å². The van der Waals surface area contributed by atoms with E-state index in [-0.39, 0.29) is 11.9 Å². The molecule has 0 heterocycles. The minimum absolute atomic E-state index is 0.168. The lowest BCUT2D eigenvalue weighted by molar-refractivity contribution is 0.0926. The molecule has 2 rings (SSSR count). The van der Waals surface area contributed by atoms with Gasteiger partial charge in [0, 0.05) is 10.6 Å². The summed E-state index contributed by atoms with van der Waals surface area (Å²) in [5, 5.41) is 3.89. The van der Waals surface area contributed by atoms with Gasteiger partial charge < -0.3 is 14.8 Å². The Morgan fingerprint density at radius 1 is 1.17 bits per heavy atom. The van der Waals surface area contributed by atoms with Gasteiger partial charge in [0.2, 0.25) is 0 Å². The molecule has 0 aliphatic carbocycles. The summed E-state index contributed by atoms with van der Waals surface area (Å²) in [6, 6.07) is 11.8. The van der Waals surface area contributed by atoms with Crippen molar-refractivity contribution in [2.75, 3.05) is 13.7 Å². The predicted molar refractivity (Wildman–Crippen MR) is 91.9 cm³/mol. The molecule has 1 amide bonds. The summed E-state index contributed by atoms with van der Waals surface area (Å²) in [6.45, 7) is 2.20. The molecular formula is C17H17Cl2NO3. The van der Waals surface area contributed by atoms with Crippen LogP contribution in [0.15, 0.2) is 42.5 Å². The van der Waals surface area contributed by atoms with E-state index in [4.69, 9.17) is 32.7 Å². The monoisotopic (exact) mass is 353 g/mol. The van der Waals surface area contributed by atoms with Crippen LogP contribution in [-0.4, -0.2) is 25.7 Å². The first-order chi connectivity index (χ1) is 11.0. The van der Waals surface area contributed by atoms with E-state index >= 15 is 0 Å². The number of amides is 1. The number of benzene rings is 2. The van der Waals surface area contributed by atoms with E-state index in [0.717, 1.165) is 0 Å². The lowest BCUT2D eigenvalue weighted by Gasteiger charge is -2.15. The van der Waals surface area contributed by atoms with Crippen LogP contribution in [0.2, 0.25) is 10.0 Å². The Balaban J connectivity index is 1.89. The number of halogens is 2. The van der Waals surface area contributed by atoms with Crippen molar-refractivity contribution in [2.45, 2.75) is 13.0 Å². The molecule has 0 fully saturated rings. The van der Waals surface area contributed by atoms with Gasteiger partial charge in [-0.1, -0.05) is 23.2 Å². The Morgan fingerprint density at radius 2 is 1.87 bits per heavy atom. The largest absolute Gasteiger partial charge is 0.495 e. The summed E-state index contributed by atoms with van der Waals surface area (Å²) < 4.78 is 10.7. The van der Waals surface area contributed by atoms with E-state index in [2.05, 4.69) is 5.32 Å². The average Bonchev–Trinajstić information content (AvgIpc) is 2.54. The van der Waals surface area contributed by atoms with Crippen molar-refractivity contribution in [1.82, 2.24) is 5.32 Å². The Hall–Kier alpha value is -1.91. The van der Waals surface area contributed by atoms with Crippen LogP contribution in [0.1, 0.15) is 17.3 Å². The van der Waals surface area contributed by atoms with Crippen molar-refractivity contribution in [3.8, 4) is 11.5 Å². The number of hydrogen-bond donors (Lipinski definition) is 1. The van der Waals surface area contributed by atoms with Crippen molar-refractivity contribution in [1.29, 1.82) is 0 Å². The van der Waals surface area contributed by atoms with Crippen LogP contribution in [-0.2, 0) is 0 Å². The molecule has 23 heavy (non-hydrogen) atoms. The van der Waals surface area contributed by atoms with Gasteiger partial charge in [0.05, 0.1) is 18.2 Å². The smallest absolute Gasteiger partial charge is 0.251 e. The van der Waals surface area contributed by atoms with Gasteiger partial charge in [-0.15, -0.1) is 0 Å². The third-order valence-electron chi connectivity index (χ3n) is 3.11. The van der Waals surface area contributed by atoms with Gasteiger partial charge in [-0.25, -0.2) is 0 Å². The van der Waals surface area contributed by atoms with E-state index in [9.17, 15) is 4.79 Å². The van der Waals surface area contributed by atoms with Crippen molar-refractivity contribution in [3.05, 3.63) is 58.1 Å². The molecule has 6 heteroatoms. The Labute approximate surface area is 145 Å². The summed E-state index contributed by atoms with van der Waals surface area (Å²) >= 11 is 11.8. The molecule has 4 nitrogen and oxygen atoms in total. The number of rotatable bonds is 6. The van der Waals surface area contributed by atoms with E-state index in [1.54, 1.807) is 42.5 Å². The first-order valence-corrected chi connectivity index (χ1v) is 7.78. The lowest BCUT2D eigenvalue weighted by atomic mass is 10.2. The van der Waals surface area contributed by atoms with Crippen LogP contribution in [0.5, 0.6) is 11.5 Å². The molecule has 0 aromatic heterocycles. The summed E-state index contributed by atoms with van der Waals surface area (Å²) in [5.74, 6) is 1.01. The zero-order valence-corrected chi connectivity index (χ0v) is 14.3. The maximum absolute atomic E-state index is 12.2. The zero-order valence-electron chi connectivity index (χ0n) is 12.8. The summed E-state index contributed by atoms with van der Waals surface area (Å²) in [6.07, 6.45) is 0. The highest BCUT2D eigenvalue weighted by atomic mass is 35.5. The molecule has 0 bridgehead atoms. The minimum atomic E-state index is -0.221. The molecule has 0 radical (unpaired) electrons. The molecule has 1 atom stereocenters. The second-order valence-corrected chi connectivity index (χ2v) is 5.83. The lowest BCUT2D eigenvalue weighted by Crippen LogP contribution is -2.36. The molecule has 0 unspecified atom stereocenters. The van der Waals surface area contributed by atoms with Crippen LogP contribution in [0.25, 0.3) is 0 Å². The van der Waals surface area contributed by atoms with Crippen LogP contribution in [0.4, 0.5) is 0 Å². The number of hydrogen-bond acceptors (Lipinski definition) is 3. The van der Waals surface area contributed by atoms with Gasteiger partial charge >= 0.3 is 0 Å². The van der Waals surface area contributed by atoms with Gasteiger partial charge in [0.1, 0.15) is 18.1 Å². The normalized spacial score (nSPS) is 11.7. The molecule has 0 saturated carbocycles. The molecule has 0 aliphatic heterocycles. The van der Waals surface area contributed by atoms with Gasteiger partial charge in [-0.2, -0.15) is 0 Å². The number of ether oxygens (including phenoxy) is 2. The van der Waals surface area contributed by atoms with Gasteiger partial charge in [0.15, 0.2) is 0 Å². The van der Waals surface area contributed by atoms with Crippen LogP contribution in [0, 0.1) is 0 Å².